The number of hydrogen-bond donors (Lipinski definition) is 2. The Bertz CT molecular complexity index is 1350. The van der Waals surface area contributed by atoms with Crippen molar-refractivity contribution >= 4 is 28.7 Å². The largest absolute Gasteiger partial charge is 0.453 e. The van der Waals surface area contributed by atoms with Crippen molar-refractivity contribution in [1.82, 2.24) is 20.4 Å². The number of rotatable bonds is 10. The lowest BCUT2D eigenvalue weighted by atomic mass is 9.97. The highest BCUT2D eigenvalue weighted by Crippen LogP contribution is 2.23. The van der Waals surface area contributed by atoms with Gasteiger partial charge < -0.3 is 20.3 Å². The fourth-order valence-corrected chi connectivity index (χ4v) is 5.63. The molecule has 9 heteroatoms. The fourth-order valence-electron chi connectivity index (χ4n) is 5.63. The molecular formula is C32H39FN4O4. The number of piperazine rings is 1. The number of ether oxygens (including phenoxy) is 1. The lowest BCUT2D eigenvalue weighted by Gasteiger charge is -2.45. The van der Waals surface area contributed by atoms with E-state index in [1.54, 1.807) is 19.2 Å². The Balaban J connectivity index is 1.53. The molecule has 1 heterocycles. The van der Waals surface area contributed by atoms with Gasteiger partial charge >= 0.3 is 6.09 Å². The number of methoxy groups -OCH3 is 1. The van der Waals surface area contributed by atoms with E-state index in [4.69, 9.17) is 4.74 Å². The molecule has 4 rings (SSSR count). The highest BCUT2D eigenvalue weighted by Gasteiger charge is 2.38. The number of carbonyl (C=O) groups is 3. The van der Waals surface area contributed by atoms with Crippen molar-refractivity contribution in [3.8, 4) is 0 Å². The number of carbonyl (C=O) groups excluding carboxylic acids is 3. The van der Waals surface area contributed by atoms with E-state index in [0.29, 0.717) is 26.1 Å². The van der Waals surface area contributed by atoms with Crippen LogP contribution in [0.5, 0.6) is 0 Å². The lowest BCUT2D eigenvalue weighted by molar-refractivity contribution is -0.140. The third-order valence-electron chi connectivity index (χ3n) is 7.78. The molecule has 3 aromatic carbocycles. The van der Waals surface area contributed by atoms with Gasteiger partial charge in [-0.05, 0) is 46.9 Å². The number of nitrogens with zero attached hydrogens (tertiary/aromatic N) is 2. The van der Waals surface area contributed by atoms with E-state index in [0.717, 1.165) is 34.7 Å². The Labute approximate surface area is 240 Å². The van der Waals surface area contributed by atoms with Gasteiger partial charge in [-0.1, -0.05) is 67.9 Å². The molecule has 0 radical (unpaired) electrons. The molecule has 3 unspecified atom stereocenters. The predicted octanol–water partition coefficient (Wildman–Crippen LogP) is 3.92. The minimum absolute atomic E-state index is 0.0604. The molecule has 0 bridgehead atoms. The van der Waals surface area contributed by atoms with Gasteiger partial charge in [0.25, 0.3) is 0 Å². The van der Waals surface area contributed by atoms with Crippen LogP contribution >= 0.6 is 0 Å². The van der Waals surface area contributed by atoms with Crippen molar-refractivity contribution in [2.75, 3.05) is 33.8 Å². The second kappa shape index (κ2) is 14.1. The lowest BCUT2D eigenvalue weighted by Crippen LogP contribution is -2.63. The molecule has 0 spiro atoms. The Hall–Kier alpha value is -3.98. The van der Waals surface area contributed by atoms with Crippen LogP contribution in [0, 0.1) is 5.82 Å². The number of fused-ring (bicyclic) bond motifs is 1. The maximum atomic E-state index is 13.9. The Morgan fingerprint density at radius 2 is 1.68 bits per heavy atom. The van der Waals surface area contributed by atoms with Gasteiger partial charge in [0.2, 0.25) is 11.8 Å². The summed E-state index contributed by atoms with van der Waals surface area (Å²) < 4.78 is 18.3. The monoisotopic (exact) mass is 562 g/mol. The molecule has 2 N–H and O–H groups in total. The molecule has 1 fully saturated rings. The molecular weight excluding hydrogens is 523 g/mol. The number of alkyl carbamates (subject to hydrolysis) is 1. The van der Waals surface area contributed by atoms with Gasteiger partial charge in [0, 0.05) is 39.1 Å². The predicted molar refractivity (Wildman–Crippen MR) is 157 cm³/mol. The zero-order valence-corrected chi connectivity index (χ0v) is 23.9. The average molecular weight is 563 g/mol. The van der Waals surface area contributed by atoms with Crippen LogP contribution in [0.3, 0.4) is 0 Å². The first-order valence-electron chi connectivity index (χ1n) is 14.2. The van der Waals surface area contributed by atoms with Crippen LogP contribution in [0.15, 0.2) is 66.7 Å². The summed E-state index contributed by atoms with van der Waals surface area (Å²) in [5, 5.41) is 7.78. The molecule has 0 aromatic heterocycles. The van der Waals surface area contributed by atoms with Crippen LogP contribution < -0.4 is 10.6 Å². The van der Waals surface area contributed by atoms with Crippen molar-refractivity contribution in [3.05, 3.63) is 83.7 Å². The number of benzene rings is 3. The third-order valence-corrected chi connectivity index (χ3v) is 7.78. The number of halogens is 1. The fraction of sp³-hybridized carbons (Fsp3) is 0.406. The molecule has 0 saturated carbocycles. The first-order valence-corrected chi connectivity index (χ1v) is 14.2. The van der Waals surface area contributed by atoms with E-state index in [9.17, 15) is 18.8 Å². The Morgan fingerprint density at radius 1 is 0.976 bits per heavy atom. The standard InChI is InChI=1S/C32H39FN4O4/c1-4-7-27-21-36(29(30(38)34-2)20-23-10-13-24-8-5-6-9-25(24)18-23)16-17-37(27)31(39)28(35-32(40)41-3)19-22-11-14-26(33)15-12-22/h5-6,8-15,18,27-29H,4,7,16-17,19-21H2,1-3H3,(H,34,38)(H,35,40). The Kier molecular flexibility index (Phi) is 10.3. The van der Waals surface area contributed by atoms with Crippen LogP contribution in [0.25, 0.3) is 10.8 Å². The van der Waals surface area contributed by atoms with Gasteiger partial charge in [0.05, 0.1) is 13.2 Å². The summed E-state index contributed by atoms with van der Waals surface area (Å²) in [6.07, 6.45) is 1.65. The third kappa shape index (κ3) is 7.61. The van der Waals surface area contributed by atoms with Gasteiger partial charge in [0.1, 0.15) is 11.9 Å². The second-order valence-electron chi connectivity index (χ2n) is 10.5. The van der Waals surface area contributed by atoms with E-state index in [1.807, 2.05) is 17.0 Å². The second-order valence-corrected chi connectivity index (χ2v) is 10.5. The van der Waals surface area contributed by atoms with Gasteiger partial charge in [-0.3, -0.25) is 14.5 Å². The van der Waals surface area contributed by atoms with E-state index in [-0.39, 0.29) is 36.1 Å². The maximum Gasteiger partial charge on any atom is 0.407 e. The molecule has 8 nitrogen and oxygen atoms in total. The summed E-state index contributed by atoms with van der Waals surface area (Å²) in [6, 6.07) is 18.9. The van der Waals surface area contributed by atoms with Crippen molar-refractivity contribution in [2.45, 2.75) is 50.7 Å². The molecule has 1 saturated heterocycles. The van der Waals surface area contributed by atoms with Gasteiger partial charge in [-0.25, -0.2) is 9.18 Å². The van der Waals surface area contributed by atoms with E-state index < -0.39 is 12.1 Å². The number of amides is 3. The Morgan fingerprint density at radius 3 is 2.37 bits per heavy atom. The molecule has 0 aliphatic carbocycles. The van der Waals surface area contributed by atoms with Crippen LogP contribution in [-0.2, 0) is 27.2 Å². The molecule has 3 aromatic rings. The smallest absolute Gasteiger partial charge is 0.407 e. The zero-order chi connectivity index (χ0) is 29.4. The summed E-state index contributed by atoms with van der Waals surface area (Å²) in [4.78, 5) is 43.1. The van der Waals surface area contributed by atoms with Crippen molar-refractivity contribution in [2.24, 2.45) is 0 Å². The summed E-state index contributed by atoms with van der Waals surface area (Å²) in [7, 11) is 2.90. The topological polar surface area (TPSA) is 91.0 Å². The minimum Gasteiger partial charge on any atom is -0.453 e. The minimum atomic E-state index is -0.869. The molecule has 3 atom stereocenters. The van der Waals surface area contributed by atoms with Gasteiger partial charge in [-0.2, -0.15) is 0 Å². The van der Waals surface area contributed by atoms with E-state index >= 15 is 0 Å². The summed E-state index contributed by atoms with van der Waals surface area (Å²) in [5.74, 6) is -0.648. The van der Waals surface area contributed by atoms with Gasteiger partial charge in [-0.15, -0.1) is 0 Å². The maximum absolute atomic E-state index is 13.9. The average Bonchev–Trinajstić information content (AvgIpc) is 2.99. The van der Waals surface area contributed by atoms with Gasteiger partial charge in [0.15, 0.2) is 0 Å². The molecule has 41 heavy (non-hydrogen) atoms. The van der Waals surface area contributed by atoms with Crippen molar-refractivity contribution < 1.29 is 23.5 Å². The molecule has 3 amide bonds. The first kappa shape index (κ1) is 30.0. The highest BCUT2D eigenvalue weighted by molar-refractivity contribution is 5.87. The molecule has 1 aliphatic rings. The number of hydrogen-bond acceptors (Lipinski definition) is 5. The number of likely N-dealkylation sites (N-methyl/N-ethyl adjacent to an activating group) is 1. The van der Waals surface area contributed by atoms with Crippen LogP contribution in [0.4, 0.5) is 9.18 Å². The summed E-state index contributed by atoms with van der Waals surface area (Å²) in [6.45, 7) is 3.53. The molecule has 1 aliphatic heterocycles. The quantitative estimate of drug-likeness (QED) is 0.391. The van der Waals surface area contributed by atoms with Crippen molar-refractivity contribution in [3.63, 3.8) is 0 Å². The zero-order valence-electron chi connectivity index (χ0n) is 23.9. The van der Waals surface area contributed by atoms with E-state index in [1.165, 1.54) is 19.2 Å². The van der Waals surface area contributed by atoms with Crippen LogP contribution in [-0.4, -0.2) is 79.6 Å². The van der Waals surface area contributed by atoms with Crippen LogP contribution in [0.2, 0.25) is 0 Å². The highest BCUT2D eigenvalue weighted by atomic mass is 19.1. The summed E-state index contributed by atoms with van der Waals surface area (Å²) in [5.41, 5.74) is 1.80. The van der Waals surface area contributed by atoms with Crippen LogP contribution in [0.1, 0.15) is 30.9 Å². The molecule has 218 valence electrons. The SMILES string of the molecule is CCCC1CN(C(Cc2ccc3ccccc3c2)C(=O)NC)CCN1C(=O)C(Cc1ccc(F)cc1)NC(=O)OC. The normalized spacial score (nSPS) is 17.1. The van der Waals surface area contributed by atoms with E-state index in [2.05, 4.69) is 52.8 Å². The first-order chi connectivity index (χ1) is 19.8. The number of nitrogens with one attached hydrogen (secondary N) is 2. The van der Waals surface area contributed by atoms with Crippen molar-refractivity contribution in [1.29, 1.82) is 0 Å². The summed E-state index contributed by atoms with van der Waals surface area (Å²) >= 11 is 0.